The fraction of sp³-hybridized carbons (Fsp3) is 0.375. The van der Waals surface area contributed by atoms with Gasteiger partial charge in [-0.3, -0.25) is 0 Å². The summed E-state index contributed by atoms with van der Waals surface area (Å²) in [7, 11) is 0. The van der Waals surface area contributed by atoms with Crippen molar-refractivity contribution in [3.8, 4) is 0 Å². The van der Waals surface area contributed by atoms with Crippen LogP contribution in [-0.4, -0.2) is 11.2 Å². The molecule has 0 radical (unpaired) electrons. The van der Waals surface area contributed by atoms with Crippen LogP contribution >= 0.6 is 11.8 Å². The van der Waals surface area contributed by atoms with Crippen molar-refractivity contribution in [1.82, 2.24) is 4.98 Å². The maximum absolute atomic E-state index is 5.50. The largest absolute Gasteiger partial charge is 0.326 e. The first-order valence-electron chi connectivity index (χ1n) is 3.48. The van der Waals surface area contributed by atoms with Crippen LogP contribution in [0.5, 0.6) is 0 Å². The van der Waals surface area contributed by atoms with Crippen LogP contribution in [0.15, 0.2) is 17.2 Å². The second kappa shape index (κ2) is 3.74. The molecule has 0 atom stereocenters. The molecule has 2 N–H and O–H groups in total. The van der Waals surface area contributed by atoms with Crippen LogP contribution in [0.4, 0.5) is 0 Å². The number of thioether (sulfide) groups is 1. The summed E-state index contributed by atoms with van der Waals surface area (Å²) in [6.07, 6.45) is 2.02. The second-order valence-corrected chi connectivity index (χ2v) is 3.13. The van der Waals surface area contributed by atoms with Crippen LogP contribution in [0.3, 0.4) is 0 Å². The van der Waals surface area contributed by atoms with E-state index in [0.717, 1.165) is 16.3 Å². The van der Waals surface area contributed by atoms with Crippen LogP contribution in [0, 0.1) is 6.92 Å². The molecule has 2 nitrogen and oxygen atoms in total. The molecule has 3 heteroatoms. The van der Waals surface area contributed by atoms with Gasteiger partial charge in [0.05, 0.1) is 5.03 Å². The number of hydrogen-bond donors (Lipinski definition) is 1. The van der Waals surface area contributed by atoms with Crippen molar-refractivity contribution >= 4 is 11.8 Å². The molecule has 1 aromatic heterocycles. The molecule has 0 aliphatic carbocycles. The van der Waals surface area contributed by atoms with Crippen molar-refractivity contribution in [2.75, 3.05) is 6.26 Å². The van der Waals surface area contributed by atoms with Crippen molar-refractivity contribution in [2.24, 2.45) is 5.73 Å². The topological polar surface area (TPSA) is 38.9 Å². The zero-order valence-electron chi connectivity index (χ0n) is 6.79. The monoisotopic (exact) mass is 168 g/mol. The van der Waals surface area contributed by atoms with Gasteiger partial charge in [-0.1, -0.05) is 6.07 Å². The lowest BCUT2D eigenvalue weighted by molar-refractivity contribution is 0.965. The Kier molecular flexibility index (Phi) is 2.91. The summed E-state index contributed by atoms with van der Waals surface area (Å²) in [6.45, 7) is 2.56. The third-order valence-corrected chi connectivity index (χ3v) is 2.24. The Morgan fingerprint density at radius 1 is 1.55 bits per heavy atom. The smallest absolute Gasteiger partial charge is 0.0960 e. The van der Waals surface area contributed by atoms with Gasteiger partial charge in [0, 0.05) is 12.2 Å². The van der Waals surface area contributed by atoms with Crippen LogP contribution in [-0.2, 0) is 6.54 Å². The van der Waals surface area contributed by atoms with Crippen molar-refractivity contribution in [1.29, 1.82) is 0 Å². The molecule has 1 heterocycles. The highest BCUT2D eigenvalue weighted by Gasteiger charge is 1.97. The van der Waals surface area contributed by atoms with Crippen molar-refractivity contribution in [2.45, 2.75) is 18.5 Å². The van der Waals surface area contributed by atoms with Crippen molar-refractivity contribution < 1.29 is 0 Å². The van der Waals surface area contributed by atoms with Gasteiger partial charge in [0.2, 0.25) is 0 Å². The summed E-state index contributed by atoms with van der Waals surface area (Å²) in [5.41, 5.74) is 7.66. The third-order valence-electron chi connectivity index (χ3n) is 1.60. The van der Waals surface area contributed by atoms with E-state index in [9.17, 15) is 0 Å². The summed E-state index contributed by atoms with van der Waals surface area (Å²) in [5.74, 6) is 0. The predicted molar refractivity (Wildman–Crippen MR) is 48.6 cm³/mol. The van der Waals surface area contributed by atoms with Crippen LogP contribution in [0.1, 0.15) is 11.3 Å². The molecule has 0 saturated heterocycles. The summed E-state index contributed by atoms with van der Waals surface area (Å²) in [6, 6.07) is 4.04. The minimum absolute atomic E-state index is 0.577. The van der Waals surface area contributed by atoms with Gasteiger partial charge in [0.25, 0.3) is 0 Å². The number of nitrogens with two attached hydrogens (primary N) is 1. The van der Waals surface area contributed by atoms with E-state index in [2.05, 4.69) is 4.98 Å². The average molecular weight is 168 g/mol. The molecule has 0 saturated carbocycles. The van der Waals surface area contributed by atoms with E-state index >= 15 is 0 Å². The van der Waals surface area contributed by atoms with Gasteiger partial charge >= 0.3 is 0 Å². The van der Waals surface area contributed by atoms with E-state index in [-0.39, 0.29) is 0 Å². The molecular weight excluding hydrogens is 156 g/mol. The molecule has 11 heavy (non-hydrogen) atoms. The maximum atomic E-state index is 5.50. The van der Waals surface area contributed by atoms with E-state index in [1.54, 1.807) is 11.8 Å². The lowest BCUT2D eigenvalue weighted by Gasteiger charge is -2.02. The van der Waals surface area contributed by atoms with Gasteiger partial charge in [0.15, 0.2) is 0 Å². The van der Waals surface area contributed by atoms with Crippen molar-refractivity contribution in [3.05, 3.63) is 23.4 Å². The molecular formula is C8H12N2S. The minimum atomic E-state index is 0.577. The number of rotatable bonds is 2. The molecule has 0 aliphatic rings. The molecule has 0 unspecified atom stereocenters. The Morgan fingerprint density at radius 3 is 2.73 bits per heavy atom. The molecule has 0 fully saturated rings. The standard InChI is InChI=1S/C8H12N2S/c1-6-7(5-9)3-4-8(10-6)11-2/h3-4H,5,9H2,1-2H3. The van der Waals surface area contributed by atoms with E-state index in [1.165, 1.54) is 0 Å². The van der Waals surface area contributed by atoms with Crippen LogP contribution in [0.2, 0.25) is 0 Å². The van der Waals surface area contributed by atoms with E-state index < -0.39 is 0 Å². The van der Waals surface area contributed by atoms with E-state index in [1.807, 2.05) is 25.3 Å². The summed E-state index contributed by atoms with van der Waals surface area (Å²) >= 11 is 1.65. The Labute approximate surface area is 71.2 Å². The van der Waals surface area contributed by atoms with Gasteiger partial charge in [-0.05, 0) is 24.8 Å². The Balaban J connectivity index is 2.99. The van der Waals surface area contributed by atoms with Crippen molar-refractivity contribution in [3.63, 3.8) is 0 Å². The highest BCUT2D eigenvalue weighted by atomic mass is 32.2. The Morgan fingerprint density at radius 2 is 2.27 bits per heavy atom. The first-order valence-corrected chi connectivity index (χ1v) is 4.71. The number of nitrogens with zero attached hydrogens (tertiary/aromatic N) is 1. The van der Waals surface area contributed by atoms with E-state index in [0.29, 0.717) is 6.54 Å². The number of hydrogen-bond acceptors (Lipinski definition) is 3. The maximum Gasteiger partial charge on any atom is 0.0960 e. The highest BCUT2D eigenvalue weighted by molar-refractivity contribution is 7.98. The summed E-state index contributed by atoms with van der Waals surface area (Å²) in [5, 5.41) is 1.06. The van der Waals surface area contributed by atoms with Crippen LogP contribution in [0.25, 0.3) is 0 Å². The highest BCUT2D eigenvalue weighted by Crippen LogP contribution is 2.13. The number of pyridine rings is 1. The zero-order chi connectivity index (χ0) is 8.27. The van der Waals surface area contributed by atoms with Gasteiger partial charge in [-0.15, -0.1) is 11.8 Å². The predicted octanol–water partition coefficient (Wildman–Crippen LogP) is 1.57. The summed E-state index contributed by atoms with van der Waals surface area (Å²) in [4.78, 5) is 4.35. The van der Waals surface area contributed by atoms with Gasteiger partial charge in [-0.25, -0.2) is 4.98 Å². The Hall–Kier alpha value is -0.540. The van der Waals surface area contributed by atoms with Gasteiger partial charge in [0.1, 0.15) is 0 Å². The second-order valence-electron chi connectivity index (χ2n) is 2.30. The first-order chi connectivity index (χ1) is 5.27. The fourth-order valence-corrected chi connectivity index (χ4v) is 1.33. The molecule has 0 aliphatic heterocycles. The Bertz CT molecular complexity index is 248. The minimum Gasteiger partial charge on any atom is -0.326 e. The normalized spacial score (nSPS) is 10.1. The lowest BCUT2D eigenvalue weighted by atomic mass is 10.2. The average Bonchev–Trinajstić information content (AvgIpc) is 2.04. The van der Waals surface area contributed by atoms with E-state index in [4.69, 9.17) is 5.73 Å². The number of aromatic nitrogens is 1. The van der Waals surface area contributed by atoms with Crippen LogP contribution < -0.4 is 5.73 Å². The molecule has 0 spiro atoms. The third kappa shape index (κ3) is 1.94. The van der Waals surface area contributed by atoms with Gasteiger partial charge in [-0.2, -0.15) is 0 Å². The molecule has 0 bridgehead atoms. The quantitative estimate of drug-likeness (QED) is 0.681. The zero-order valence-corrected chi connectivity index (χ0v) is 7.61. The molecule has 1 rings (SSSR count). The molecule has 1 aromatic rings. The lowest BCUT2D eigenvalue weighted by Crippen LogP contribution is -2.00. The molecule has 60 valence electrons. The fourth-order valence-electron chi connectivity index (χ4n) is 0.896. The number of aryl methyl sites for hydroxylation is 1. The first kappa shape index (κ1) is 8.56. The molecule has 0 aromatic carbocycles. The summed E-state index contributed by atoms with van der Waals surface area (Å²) < 4.78 is 0. The SMILES string of the molecule is CSc1ccc(CN)c(C)n1. The van der Waals surface area contributed by atoms with Gasteiger partial charge < -0.3 is 5.73 Å². The molecule has 0 amide bonds.